The van der Waals surface area contributed by atoms with Crippen LogP contribution in [0.1, 0.15) is 19.8 Å². The number of esters is 1. The maximum Gasteiger partial charge on any atom is 0.306 e. The molecule has 0 radical (unpaired) electrons. The molecule has 10 heavy (non-hydrogen) atoms. The monoisotopic (exact) mass is 140 g/mol. The third-order valence-corrected chi connectivity index (χ3v) is 1.53. The highest BCUT2D eigenvalue weighted by Crippen LogP contribution is 2.17. The van der Waals surface area contributed by atoms with Gasteiger partial charge in [0, 0.05) is 0 Å². The number of ether oxygens (including phenoxy) is 1. The number of carbonyl (C=O) groups excluding carboxylic acids is 2. The van der Waals surface area contributed by atoms with Gasteiger partial charge in [0.05, 0.1) is 12.0 Å². The maximum atomic E-state index is 10.6. The van der Waals surface area contributed by atoms with E-state index in [0.29, 0.717) is 18.4 Å². The van der Waals surface area contributed by atoms with E-state index >= 15 is 0 Å². The Hall–Kier alpha value is -1.08. The molecule has 1 heterocycles. The second kappa shape index (κ2) is 2.67. The lowest BCUT2D eigenvalue weighted by atomic mass is 10.0. The lowest BCUT2D eigenvalue weighted by molar-refractivity contribution is -0.148. The minimum Gasteiger partial charge on any atom is -0.457 e. The highest BCUT2D eigenvalue weighted by molar-refractivity contribution is 5.73. The van der Waals surface area contributed by atoms with Gasteiger partial charge in [-0.3, -0.25) is 4.79 Å². The zero-order valence-electron chi connectivity index (χ0n) is 5.72. The molecule has 0 aromatic heterocycles. The first-order chi connectivity index (χ1) is 4.74. The Morgan fingerprint density at radius 3 is 2.80 bits per heavy atom. The quantitative estimate of drug-likeness (QED) is 0.363. The van der Waals surface area contributed by atoms with Crippen LogP contribution in [0.25, 0.3) is 0 Å². The fourth-order valence-corrected chi connectivity index (χ4v) is 0.901. The summed E-state index contributed by atoms with van der Waals surface area (Å²) in [5.74, 6) is 1.53. The Kier molecular flexibility index (Phi) is 1.88. The Balaban J connectivity index is 2.69. The van der Waals surface area contributed by atoms with Crippen molar-refractivity contribution in [3.8, 4) is 0 Å². The van der Waals surface area contributed by atoms with Gasteiger partial charge in [-0.2, -0.15) is 0 Å². The van der Waals surface area contributed by atoms with E-state index in [9.17, 15) is 9.59 Å². The average Bonchev–Trinajstić information content (AvgIpc) is 1.88. The van der Waals surface area contributed by atoms with Gasteiger partial charge in [-0.1, -0.05) is 0 Å². The summed E-state index contributed by atoms with van der Waals surface area (Å²) < 4.78 is 4.75. The van der Waals surface area contributed by atoms with Crippen molar-refractivity contribution in [2.75, 3.05) is 0 Å². The van der Waals surface area contributed by atoms with Gasteiger partial charge >= 0.3 is 5.97 Å². The van der Waals surface area contributed by atoms with Crippen LogP contribution < -0.4 is 0 Å². The lowest BCUT2D eigenvalue weighted by Crippen LogP contribution is -2.23. The van der Waals surface area contributed by atoms with E-state index in [1.165, 1.54) is 0 Å². The van der Waals surface area contributed by atoms with E-state index in [2.05, 4.69) is 0 Å². The number of hydrogen-bond acceptors (Lipinski definition) is 3. The molecule has 1 saturated heterocycles. The fourth-order valence-electron chi connectivity index (χ4n) is 0.901. The van der Waals surface area contributed by atoms with E-state index in [4.69, 9.17) is 4.74 Å². The molecule has 54 valence electrons. The Morgan fingerprint density at radius 2 is 2.30 bits per heavy atom. The second-order valence-corrected chi connectivity index (χ2v) is 2.26. The predicted octanol–water partition coefficient (Wildman–Crippen LogP) is 0.470. The molecular formula is C7H8O3. The first-order valence-corrected chi connectivity index (χ1v) is 3.17. The topological polar surface area (TPSA) is 43.4 Å². The second-order valence-electron chi connectivity index (χ2n) is 2.26. The Labute approximate surface area is 58.7 Å². The van der Waals surface area contributed by atoms with Crippen molar-refractivity contribution >= 4 is 11.9 Å². The summed E-state index contributed by atoms with van der Waals surface area (Å²) in [5.41, 5.74) is 0.555. The predicted molar refractivity (Wildman–Crippen MR) is 34.0 cm³/mol. The van der Waals surface area contributed by atoms with Gasteiger partial charge in [0.1, 0.15) is 12.0 Å². The molecule has 0 aromatic rings. The van der Waals surface area contributed by atoms with Gasteiger partial charge in [-0.05, 0) is 13.3 Å². The zero-order chi connectivity index (χ0) is 7.56. The summed E-state index contributed by atoms with van der Waals surface area (Å²) >= 11 is 0. The molecule has 1 aliphatic rings. The van der Waals surface area contributed by atoms with Crippen LogP contribution in [0.5, 0.6) is 0 Å². The van der Waals surface area contributed by atoms with Crippen LogP contribution in [0.15, 0.2) is 5.57 Å². The standard InChI is InChI=1S/C7H8O3/c1-5-6(4-8)2-3-7(9)10-5/h5H,2-3H2,1H3. The average molecular weight is 140 g/mol. The van der Waals surface area contributed by atoms with E-state index in [1.807, 2.05) is 0 Å². The third kappa shape index (κ3) is 1.25. The van der Waals surface area contributed by atoms with E-state index < -0.39 is 0 Å². The molecule has 1 atom stereocenters. The van der Waals surface area contributed by atoms with Gasteiger partial charge in [0.25, 0.3) is 0 Å². The molecule has 3 heteroatoms. The number of cyclic esters (lactones) is 1. The lowest BCUT2D eigenvalue weighted by Gasteiger charge is -2.18. The molecule has 0 aromatic carbocycles. The minimum atomic E-state index is -0.362. The molecule has 0 saturated carbocycles. The van der Waals surface area contributed by atoms with Gasteiger partial charge in [0.2, 0.25) is 0 Å². The molecule has 0 amide bonds. The van der Waals surface area contributed by atoms with Crippen molar-refractivity contribution in [2.45, 2.75) is 25.9 Å². The normalized spacial score (nSPS) is 25.5. The molecular weight excluding hydrogens is 132 g/mol. The minimum absolute atomic E-state index is 0.230. The molecule has 1 rings (SSSR count). The van der Waals surface area contributed by atoms with Gasteiger partial charge < -0.3 is 4.74 Å². The van der Waals surface area contributed by atoms with Crippen molar-refractivity contribution in [1.82, 2.24) is 0 Å². The van der Waals surface area contributed by atoms with Crippen molar-refractivity contribution in [3.63, 3.8) is 0 Å². The first kappa shape index (κ1) is 7.03. The van der Waals surface area contributed by atoms with Crippen LogP contribution in [0.4, 0.5) is 0 Å². The summed E-state index contributed by atoms with van der Waals surface area (Å²) in [7, 11) is 0. The van der Waals surface area contributed by atoms with Crippen molar-refractivity contribution in [1.29, 1.82) is 0 Å². The van der Waals surface area contributed by atoms with Crippen LogP contribution in [-0.4, -0.2) is 18.0 Å². The summed E-state index contributed by atoms with van der Waals surface area (Å²) in [5, 5.41) is 0. The zero-order valence-corrected chi connectivity index (χ0v) is 5.72. The van der Waals surface area contributed by atoms with Gasteiger partial charge in [-0.25, -0.2) is 4.79 Å². The molecule has 1 unspecified atom stereocenters. The van der Waals surface area contributed by atoms with Crippen molar-refractivity contribution in [3.05, 3.63) is 5.57 Å². The Morgan fingerprint density at radius 1 is 1.60 bits per heavy atom. The molecule has 1 aliphatic heterocycles. The molecule has 0 N–H and O–H groups in total. The van der Waals surface area contributed by atoms with Crippen molar-refractivity contribution < 1.29 is 14.3 Å². The molecule has 0 bridgehead atoms. The largest absolute Gasteiger partial charge is 0.457 e. The third-order valence-electron chi connectivity index (χ3n) is 1.53. The number of carbonyl (C=O) groups is 1. The maximum absolute atomic E-state index is 10.6. The SMILES string of the molecule is CC1OC(=O)CCC1=C=O. The highest BCUT2D eigenvalue weighted by atomic mass is 16.5. The van der Waals surface area contributed by atoms with Crippen LogP contribution in [0.2, 0.25) is 0 Å². The van der Waals surface area contributed by atoms with Crippen LogP contribution in [-0.2, 0) is 14.3 Å². The summed E-state index contributed by atoms with van der Waals surface area (Å²) in [4.78, 5) is 20.7. The summed E-state index contributed by atoms with van der Waals surface area (Å²) in [6, 6.07) is 0. The van der Waals surface area contributed by atoms with Crippen molar-refractivity contribution in [2.24, 2.45) is 0 Å². The van der Waals surface area contributed by atoms with Gasteiger partial charge in [0.15, 0.2) is 0 Å². The smallest absolute Gasteiger partial charge is 0.306 e. The van der Waals surface area contributed by atoms with Gasteiger partial charge in [-0.15, -0.1) is 0 Å². The number of rotatable bonds is 0. The van der Waals surface area contributed by atoms with E-state index in [1.54, 1.807) is 12.9 Å². The molecule has 0 aliphatic carbocycles. The highest BCUT2D eigenvalue weighted by Gasteiger charge is 2.21. The molecule has 0 spiro atoms. The first-order valence-electron chi connectivity index (χ1n) is 3.17. The van der Waals surface area contributed by atoms with Crippen LogP contribution in [0.3, 0.4) is 0 Å². The van der Waals surface area contributed by atoms with E-state index in [-0.39, 0.29) is 12.1 Å². The molecule has 3 nitrogen and oxygen atoms in total. The fraction of sp³-hybridized carbons (Fsp3) is 0.571. The van der Waals surface area contributed by atoms with E-state index in [0.717, 1.165) is 0 Å². The van der Waals surface area contributed by atoms with Crippen LogP contribution >= 0.6 is 0 Å². The number of hydrogen-bond donors (Lipinski definition) is 0. The Bertz CT molecular complexity index is 201. The summed E-state index contributed by atoms with van der Waals surface area (Å²) in [6.45, 7) is 1.68. The van der Waals surface area contributed by atoms with Crippen LogP contribution in [0, 0.1) is 0 Å². The molecule has 1 fully saturated rings. The summed E-state index contributed by atoms with van der Waals surface area (Å²) in [6.07, 6.45) is 0.456.